The molecule has 0 bridgehead atoms. The fourth-order valence-electron chi connectivity index (χ4n) is 3.37. The molecule has 0 radical (unpaired) electrons. The maximum absolute atomic E-state index is 11.5. The molecular weight excluding hydrogens is 408 g/mol. The van der Waals surface area contributed by atoms with Crippen LogP contribution in [-0.4, -0.2) is 41.9 Å². The van der Waals surface area contributed by atoms with Crippen LogP contribution in [0.15, 0.2) is 0 Å². The van der Waals surface area contributed by atoms with Gasteiger partial charge in [-0.15, -0.1) is 0 Å². The molecule has 0 heterocycles. The van der Waals surface area contributed by atoms with Gasteiger partial charge in [0.25, 0.3) is 10.1 Å². The van der Waals surface area contributed by atoms with Crippen molar-refractivity contribution in [3.63, 3.8) is 0 Å². The number of carbonyl (C=O) groups excluding carboxylic acids is 1. The number of carboxylic acids is 1. The Bertz CT molecular complexity index is 546. The highest BCUT2D eigenvalue weighted by Crippen LogP contribution is 2.14. The van der Waals surface area contributed by atoms with E-state index < -0.39 is 33.7 Å². The van der Waals surface area contributed by atoms with Crippen molar-refractivity contribution in [2.45, 2.75) is 121 Å². The Balaban J connectivity index is 3.42. The van der Waals surface area contributed by atoms with Crippen LogP contribution in [0.25, 0.3) is 0 Å². The maximum Gasteiger partial charge on any atom is 0.325 e. The topological polar surface area (TPSA) is 118 Å². The summed E-state index contributed by atoms with van der Waals surface area (Å²) in [5.41, 5.74) is 0. The van der Waals surface area contributed by atoms with E-state index in [1.165, 1.54) is 77.0 Å². The predicted octanol–water partition coefficient (Wildman–Crippen LogP) is 5.52. The third-order valence-corrected chi connectivity index (χ3v) is 6.34. The first kappa shape index (κ1) is 28.9. The van der Waals surface area contributed by atoms with Crippen molar-refractivity contribution in [2.24, 2.45) is 0 Å². The fraction of sp³-hybridized carbons (Fsp3) is 0.909. The molecule has 1 atom stereocenters. The summed E-state index contributed by atoms with van der Waals surface area (Å²) in [6.07, 6.45) is 18.9. The number of carbonyl (C=O) groups is 2. The van der Waals surface area contributed by atoms with Crippen LogP contribution in [0.1, 0.15) is 116 Å². The smallest absolute Gasteiger partial charge is 0.325 e. The summed E-state index contributed by atoms with van der Waals surface area (Å²) in [7, 11) is -4.82. The van der Waals surface area contributed by atoms with Crippen LogP contribution in [-0.2, 0) is 24.4 Å². The molecule has 0 aromatic rings. The molecular formula is C22H42O7S. The Kier molecular flexibility index (Phi) is 17.9. The van der Waals surface area contributed by atoms with E-state index in [-0.39, 0.29) is 6.61 Å². The highest BCUT2D eigenvalue weighted by molar-refractivity contribution is 7.87. The largest absolute Gasteiger partial charge is 0.480 e. The Labute approximate surface area is 182 Å². The molecule has 0 rings (SSSR count). The molecule has 0 aromatic carbocycles. The van der Waals surface area contributed by atoms with E-state index in [0.717, 1.165) is 19.3 Å². The molecule has 0 aromatic heterocycles. The van der Waals surface area contributed by atoms with E-state index in [4.69, 9.17) is 14.4 Å². The zero-order valence-corrected chi connectivity index (χ0v) is 19.5. The van der Waals surface area contributed by atoms with E-state index in [0.29, 0.717) is 6.42 Å². The minimum absolute atomic E-state index is 0.134. The standard InChI is InChI=1S/C22H42O7S/c1-2-3-4-5-6-7-8-9-10-11-12-13-14-15-16-17-18-29-21(23)19-20(22(24)25)30(26,27)28/h20H,2-19H2,1H3,(H,24,25)(H,26,27,28). The minimum Gasteiger partial charge on any atom is -0.480 e. The van der Waals surface area contributed by atoms with Gasteiger partial charge in [-0.05, 0) is 6.42 Å². The van der Waals surface area contributed by atoms with Crippen LogP contribution in [0, 0.1) is 0 Å². The van der Waals surface area contributed by atoms with Gasteiger partial charge in [0, 0.05) is 0 Å². The van der Waals surface area contributed by atoms with Crippen molar-refractivity contribution < 1.29 is 32.4 Å². The van der Waals surface area contributed by atoms with E-state index in [1.54, 1.807) is 0 Å². The Morgan fingerprint density at radius 1 is 0.733 bits per heavy atom. The van der Waals surface area contributed by atoms with Crippen molar-refractivity contribution in [3.05, 3.63) is 0 Å². The monoisotopic (exact) mass is 450 g/mol. The number of carboxylic acid groups (broad SMARTS) is 1. The van der Waals surface area contributed by atoms with Gasteiger partial charge in [-0.2, -0.15) is 8.42 Å². The summed E-state index contributed by atoms with van der Waals surface area (Å²) < 4.78 is 35.5. The van der Waals surface area contributed by atoms with Crippen molar-refractivity contribution in [3.8, 4) is 0 Å². The van der Waals surface area contributed by atoms with E-state index >= 15 is 0 Å². The zero-order valence-electron chi connectivity index (χ0n) is 18.6. The lowest BCUT2D eigenvalue weighted by Gasteiger charge is -2.09. The summed E-state index contributed by atoms with van der Waals surface area (Å²) in [6.45, 7) is 2.38. The van der Waals surface area contributed by atoms with Gasteiger partial charge in [0.05, 0.1) is 13.0 Å². The predicted molar refractivity (Wildman–Crippen MR) is 118 cm³/mol. The second-order valence-corrected chi connectivity index (χ2v) is 9.67. The number of hydrogen-bond donors (Lipinski definition) is 2. The lowest BCUT2D eigenvalue weighted by Crippen LogP contribution is -2.32. The van der Waals surface area contributed by atoms with Crippen LogP contribution in [0.4, 0.5) is 0 Å². The lowest BCUT2D eigenvalue weighted by molar-refractivity contribution is -0.147. The number of hydrogen-bond acceptors (Lipinski definition) is 5. The average molecular weight is 451 g/mol. The van der Waals surface area contributed by atoms with Gasteiger partial charge in [0.2, 0.25) is 0 Å². The number of rotatable bonds is 21. The average Bonchev–Trinajstić information content (AvgIpc) is 2.67. The van der Waals surface area contributed by atoms with Crippen LogP contribution >= 0.6 is 0 Å². The SMILES string of the molecule is CCCCCCCCCCCCCCCCCCOC(=O)CC(C(=O)O)S(=O)(=O)O. The second-order valence-electron chi connectivity index (χ2n) is 8.07. The summed E-state index contributed by atoms with van der Waals surface area (Å²) in [5, 5.41) is 6.56. The lowest BCUT2D eigenvalue weighted by atomic mass is 10.0. The number of esters is 1. The first-order valence-electron chi connectivity index (χ1n) is 11.6. The van der Waals surface area contributed by atoms with Crippen molar-refractivity contribution in [2.75, 3.05) is 6.61 Å². The summed E-state index contributed by atoms with van der Waals surface area (Å²) in [6, 6.07) is 0. The number of aliphatic carboxylic acids is 1. The minimum atomic E-state index is -4.82. The molecule has 0 fully saturated rings. The van der Waals surface area contributed by atoms with Gasteiger partial charge in [-0.25, -0.2) is 0 Å². The zero-order chi connectivity index (χ0) is 22.7. The Morgan fingerprint density at radius 3 is 1.43 bits per heavy atom. The molecule has 30 heavy (non-hydrogen) atoms. The van der Waals surface area contributed by atoms with Crippen LogP contribution < -0.4 is 0 Å². The summed E-state index contributed by atoms with van der Waals surface area (Å²) >= 11 is 0. The van der Waals surface area contributed by atoms with Crippen LogP contribution in [0.3, 0.4) is 0 Å². The molecule has 0 aliphatic heterocycles. The Morgan fingerprint density at radius 2 is 1.10 bits per heavy atom. The molecule has 7 nitrogen and oxygen atoms in total. The maximum atomic E-state index is 11.5. The van der Waals surface area contributed by atoms with Gasteiger partial charge in [-0.3, -0.25) is 14.1 Å². The highest BCUT2D eigenvalue weighted by atomic mass is 32.2. The molecule has 0 spiro atoms. The van der Waals surface area contributed by atoms with E-state index in [1.807, 2.05) is 0 Å². The fourth-order valence-corrected chi connectivity index (χ4v) is 3.97. The van der Waals surface area contributed by atoms with Gasteiger partial charge >= 0.3 is 11.9 Å². The molecule has 0 aliphatic rings. The highest BCUT2D eigenvalue weighted by Gasteiger charge is 2.33. The third kappa shape index (κ3) is 17.7. The van der Waals surface area contributed by atoms with Crippen molar-refractivity contribution in [1.29, 1.82) is 0 Å². The first-order valence-corrected chi connectivity index (χ1v) is 13.1. The van der Waals surface area contributed by atoms with Gasteiger partial charge in [0.1, 0.15) is 0 Å². The molecule has 0 saturated heterocycles. The molecule has 0 aliphatic carbocycles. The van der Waals surface area contributed by atoms with E-state index in [9.17, 15) is 18.0 Å². The number of ether oxygens (including phenoxy) is 1. The summed E-state index contributed by atoms with van der Waals surface area (Å²) in [5.74, 6) is -2.70. The van der Waals surface area contributed by atoms with Gasteiger partial charge < -0.3 is 9.84 Å². The van der Waals surface area contributed by atoms with Crippen LogP contribution in [0.5, 0.6) is 0 Å². The Hall–Kier alpha value is -1.15. The molecule has 178 valence electrons. The first-order chi connectivity index (χ1) is 14.3. The van der Waals surface area contributed by atoms with Gasteiger partial charge in [0.15, 0.2) is 5.25 Å². The normalized spacial score (nSPS) is 12.6. The molecule has 2 N–H and O–H groups in total. The molecule has 0 amide bonds. The number of unbranched alkanes of at least 4 members (excludes halogenated alkanes) is 15. The van der Waals surface area contributed by atoms with Crippen LogP contribution in [0.2, 0.25) is 0 Å². The molecule has 8 heteroatoms. The third-order valence-electron chi connectivity index (χ3n) is 5.25. The second kappa shape index (κ2) is 18.6. The van der Waals surface area contributed by atoms with Crippen molar-refractivity contribution in [1.82, 2.24) is 0 Å². The van der Waals surface area contributed by atoms with E-state index in [2.05, 4.69) is 6.92 Å². The van der Waals surface area contributed by atoms with Crippen molar-refractivity contribution >= 4 is 22.1 Å². The molecule has 1 unspecified atom stereocenters. The molecule has 0 saturated carbocycles. The quantitative estimate of drug-likeness (QED) is 0.134. The summed E-state index contributed by atoms with van der Waals surface area (Å²) in [4.78, 5) is 22.3. The van der Waals surface area contributed by atoms with Gasteiger partial charge in [-0.1, -0.05) is 103 Å².